The molecule has 0 fully saturated rings. The van der Waals surface area contributed by atoms with Gasteiger partial charge in [-0.05, 0) is 42.7 Å². The molecular formula is C22H24N2O4S. The molecule has 0 atom stereocenters. The number of hydrogen-bond acceptors (Lipinski definition) is 5. The van der Waals surface area contributed by atoms with Crippen molar-refractivity contribution in [2.75, 3.05) is 14.2 Å². The fourth-order valence-corrected chi connectivity index (χ4v) is 3.99. The van der Waals surface area contributed by atoms with Crippen LogP contribution in [0, 0.1) is 13.8 Å². The van der Waals surface area contributed by atoms with Crippen molar-refractivity contribution in [3.63, 3.8) is 0 Å². The summed E-state index contributed by atoms with van der Waals surface area (Å²) in [7, 11) is 3.14. The van der Waals surface area contributed by atoms with Crippen molar-refractivity contribution in [1.82, 2.24) is 9.88 Å². The van der Waals surface area contributed by atoms with Crippen LogP contribution in [0.5, 0.6) is 11.5 Å². The molecule has 0 radical (unpaired) electrons. The second-order valence-corrected chi connectivity index (χ2v) is 7.63. The lowest BCUT2D eigenvalue weighted by Gasteiger charge is -2.11. The van der Waals surface area contributed by atoms with E-state index in [4.69, 9.17) is 9.47 Å². The van der Waals surface area contributed by atoms with E-state index in [1.54, 1.807) is 24.9 Å². The highest BCUT2D eigenvalue weighted by Gasteiger charge is 2.18. The number of nitrogens with one attached hydrogen (secondary N) is 1. The second-order valence-electron chi connectivity index (χ2n) is 6.67. The summed E-state index contributed by atoms with van der Waals surface area (Å²) in [4.78, 5) is 25.5. The van der Waals surface area contributed by atoms with Gasteiger partial charge in [-0.25, -0.2) is 0 Å². The van der Waals surface area contributed by atoms with Gasteiger partial charge >= 0.3 is 4.87 Å². The van der Waals surface area contributed by atoms with Crippen LogP contribution >= 0.6 is 11.3 Å². The van der Waals surface area contributed by atoms with Crippen molar-refractivity contribution in [1.29, 1.82) is 0 Å². The minimum atomic E-state index is -0.261. The van der Waals surface area contributed by atoms with E-state index in [-0.39, 0.29) is 10.8 Å². The first kappa shape index (κ1) is 20.7. The molecule has 0 saturated heterocycles. The first-order valence-electron chi connectivity index (χ1n) is 9.18. The van der Waals surface area contributed by atoms with E-state index < -0.39 is 0 Å². The van der Waals surface area contributed by atoms with E-state index in [9.17, 15) is 9.59 Å². The van der Waals surface area contributed by atoms with Gasteiger partial charge in [-0.15, -0.1) is 0 Å². The Morgan fingerprint density at radius 1 is 1.07 bits per heavy atom. The van der Waals surface area contributed by atoms with Gasteiger partial charge in [0, 0.05) is 12.2 Å². The molecule has 2 aromatic carbocycles. The zero-order chi connectivity index (χ0) is 21.0. The Labute approximate surface area is 173 Å². The van der Waals surface area contributed by atoms with E-state index in [2.05, 4.69) is 5.32 Å². The lowest BCUT2D eigenvalue weighted by molar-refractivity contribution is 0.0954. The van der Waals surface area contributed by atoms with E-state index in [0.717, 1.165) is 28.0 Å². The molecular weight excluding hydrogens is 388 g/mol. The number of nitrogens with zero attached hydrogens (tertiary/aromatic N) is 1. The van der Waals surface area contributed by atoms with Gasteiger partial charge in [0.1, 0.15) is 4.88 Å². The van der Waals surface area contributed by atoms with Gasteiger partial charge in [0.15, 0.2) is 11.5 Å². The van der Waals surface area contributed by atoms with Crippen LogP contribution in [0.15, 0.2) is 47.3 Å². The highest BCUT2D eigenvalue weighted by molar-refractivity contribution is 7.11. The minimum absolute atomic E-state index is 0.137. The van der Waals surface area contributed by atoms with E-state index in [1.807, 2.05) is 50.2 Å². The number of thiazole rings is 1. The maximum atomic E-state index is 12.7. The number of aromatic nitrogens is 1. The molecule has 0 aliphatic rings. The van der Waals surface area contributed by atoms with Crippen LogP contribution < -0.4 is 19.7 Å². The fourth-order valence-electron chi connectivity index (χ4n) is 3.08. The molecule has 0 saturated carbocycles. The van der Waals surface area contributed by atoms with Crippen molar-refractivity contribution in [3.05, 3.63) is 79.4 Å². The lowest BCUT2D eigenvalue weighted by Crippen LogP contribution is -2.23. The summed E-state index contributed by atoms with van der Waals surface area (Å²) >= 11 is 0.974. The Balaban J connectivity index is 1.75. The third-order valence-electron chi connectivity index (χ3n) is 4.84. The number of amides is 1. The first-order valence-corrected chi connectivity index (χ1v) is 10.00. The van der Waals surface area contributed by atoms with Gasteiger partial charge in [0.2, 0.25) is 0 Å². The molecule has 0 bridgehead atoms. The smallest absolute Gasteiger partial charge is 0.308 e. The molecule has 7 heteroatoms. The Morgan fingerprint density at radius 2 is 1.79 bits per heavy atom. The number of benzene rings is 2. The summed E-state index contributed by atoms with van der Waals surface area (Å²) in [6.07, 6.45) is 0. The quantitative estimate of drug-likeness (QED) is 0.645. The van der Waals surface area contributed by atoms with E-state index >= 15 is 0 Å². The number of ether oxygens (including phenoxy) is 2. The van der Waals surface area contributed by atoms with Crippen LogP contribution in [0.1, 0.15) is 32.1 Å². The summed E-state index contributed by atoms with van der Waals surface area (Å²) in [6, 6.07) is 13.4. The second kappa shape index (κ2) is 8.96. The van der Waals surface area contributed by atoms with Crippen LogP contribution in [0.4, 0.5) is 0 Å². The standard InChI is InChI=1S/C22H24N2O4S/c1-14-7-5-6-8-17(14)13-24-15(2)20(29-22(24)26)21(25)23-12-16-9-10-18(27-3)19(11-16)28-4/h5-11H,12-13H2,1-4H3,(H,23,25). The van der Waals surface area contributed by atoms with Gasteiger partial charge in [-0.2, -0.15) is 0 Å². The van der Waals surface area contributed by atoms with Crippen molar-refractivity contribution in [2.45, 2.75) is 26.9 Å². The van der Waals surface area contributed by atoms with Gasteiger partial charge in [0.05, 0.1) is 20.8 Å². The molecule has 3 rings (SSSR count). The van der Waals surface area contributed by atoms with E-state index in [0.29, 0.717) is 35.2 Å². The molecule has 1 aromatic heterocycles. The number of carbonyl (C=O) groups is 1. The van der Waals surface area contributed by atoms with Gasteiger partial charge < -0.3 is 14.8 Å². The fraction of sp³-hybridized carbons (Fsp3) is 0.273. The zero-order valence-electron chi connectivity index (χ0n) is 16.9. The predicted molar refractivity (Wildman–Crippen MR) is 114 cm³/mol. The van der Waals surface area contributed by atoms with Gasteiger partial charge in [-0.3, -0.25) is 14.2 Å². The molecule has 0 aliphatic heterocycles. The summed E-state index contributed by atoms with van der Waals surface area (Å²) in [6.45, 7) is 4.60. The molecule has 0 aliphatic carbocycles. The van der Waals surface area contributed by atoms with Crippen LogP contribution in [-0.4, -0.2) is 24.7 Å². The third-order valence-corrected chi connectivity index (χ3v) is 5.92. The molecule has 1 amide bonds. The third kappa shape index (κ3) is 4.51. The summed E-state index contributed by atoms with van der Waals surface area (Å²) in [5.74, 6) is 0.970. The summed E-state index contributed by atoms with van der Waals surface area (Å²) in [5, 5.41) is 2.88. The van der Waals surface area contributed by atoms with Crippen LogP contribution in [0.3, 0.4) is 0 Å². The summed E-state index contributed by atoms with van der Waals surface area (Å²) in [5.41, 5.74) is 3.73. The molecule has 29 heavy (non-hydrogen) atoms. The van der Waals surface area contributed by atoms with Crippen LogP contribution in [0.2, 0.25) is 0 Å². The number of carbonyl (C=O) groups excluding carboxylic acids is 1. The Bertz CT molecular complexity index is 1080. The maximum Gasteiger partial charge on any atom is 0.308 e. The molecule has 0 spiro atoms. The molecule has 1 heterocycles. The average molecular weight is 413 g/mol. The van der Waals surface area contributed by atoms with Crippen molar-refractivity contribution >= 4 is 17.2 Å². The largest absolute Gasteiger partial charge is 0.493 e. The Kier molecular flexibility index (Phi) is 6.39. The number of hydrogen-bond donors (Lipinski definition) is 1. The monoisotopic (exact) mass is 412 g/mol. The predicted octanol–water partition coefficient (Wildman–Crippen LogP) is 3.52. The number of rotatable bonds is 7. The van der Waals surface area contributed by atoms with Gasteiger partial charge in [-0.1, -0.05) is 41.7 Å². The Morgan fingerprint density at radius 3 is 2.48 bits per heavy atom. The molecule has 6 nitrogen and oxygen atoms in total. The van der Waals surface area contributed by atoms with Crippen LogP contribution in [0.25, 0.3) is 0 Å². The van der Waals surface area contributed by atoms with Crippen molar-refractivity contribution < 1.29 is 14.3 Å². The molecule has 1 N–H and O–H groups in total. The SMILES string of the molecule is COc1ccc(CNC(=O)c2sc(=O)n(Cc3ccccc3C)c2C)cc1OC. The molecule has 0 unspecified atom stereocenters. The van der Waals surface area contributed by atoms with Crippen molar-refractivity contribution in [2.24, 2.45) is 0 Å². The highest BCUT2D eigenvalue weighted by atomic mass is 32.1. The van der Waals surface area contributed by atoms with Crippen LogP contribution in [-0.2, 0) is 13.1 Å². The van der Waals surface area contributed by atoms with Crippen molar-refractivity contribution in [3.8, 4) is 11.5 Å². The zero-order valence-corrected chi connectivity index (χ0v) is 17.8. The van der Waals surface area contributed by atoms with Gasteiger partial charge in [0.25, 0.3) is 5.91 Å². The highest BCUT2D eigenvalue weighted by Crippen LogP contribution is 2.27. The van der Waals surface area contributed by atoms with E-state index in [1.165, 1.54) is 0 Å². The topological polar surface area (TPSA) is 69.6 Å². The molecule has 3 aromatic rings. The minimum Gasteiger partial charge on any atom is -0.493 e. The normalized spacial score (nSPS) is 10.6. The number of methoxy groups -OCH3 is 2. The lowest BCUT2D eigenvalue weighted by atomic mass is 10.1. The average Bonchev–Trinajstić information content (AvgIpc) is 3.01. The number of aryl methyl sites for hydroxylation is 1. The first-order chi connectivity index (χ1) is 13.9. The Hall–Kier alpha value is -3.06. The molecule has 152 valence electrons. The summed E-state index contributed by atoms with van der Waals surface area (Å²) < 4.78 is 12.2. The maximum absolute atomic E-state index is 12.7.